The number of carbonyl (C=O) groups is 1. The molecule has 3 nitrogen and oxygen atoms in total. The minimum Gasteiger partial charge on any atom is -0.267 e. The Kier molecular flexibility index (Phi) is 5.78. The van der Waals surface area contributed by atoms with E-state index in [9.17, 15) is 4.79 Å². The third-order valence-corrected chi connectivity index (χ3v) is 4.01. The van der Waals surface area contributed by atoms with Crippen LogP contribution in [-0.2, 0) is 6.42 Å². The van der Waals surface area contributed by atoms with E-state index in [1.54, 1.807) is 11.2 Å². The average molecular weight is 336 g/mol. The van der Waals surface area contributed by atoms with Gasteiger partial charge in [-0.1, -0.05) is 48.4 Å². The first kappa shape index (κ1) is 18.9. The molecule has 0 N–H and O–H groups in total. The van der Waals surface area contributed by atoms with Crippen molar-refractivity contribution in [3.8, 4) is 0 Å². The zero-order chi connectivity index (χ0) is 18.6. The number of rotatable bonds is 4. The summed E-state index contributed by atoms with van der Waals surface area (Å²) in [5.74, 6) is -0.0827. The van der Waals surface area contributed by atoms with Crippen LogP contribution in [-0.4, -0.2) is 22.7 Å². The van der Waals surface area contributed by atoms with Gasteiger partial charge >= 0.3 is 0 Å². The fourth-order valence-electron chi connectivity index (χ4n) is 2.71. The first-order valence-electron chi connectivity index (χ1n) is 8.76. The first-order chi connectivity index (χ1) is 11.7. The van der Waals surface area contributed by atoms with E-state index in [1.165, 1.54) is 5.56 Å². The molecule has 25 heavy (non-hydrogen) atoms. The van der Waals surface area contributed by atoms with Crippen LogP contribution in [0.5, 0.6) is 0 Å². The van der Waals surface area contributed by atoms with Gasteiger partial charge in [-0.2, -0.15) is 5.10 Å². The molecular formula is C22H28N2O. The molecule has 0 spiro atoms. The third kappa shape index (κ3) is 5.02. The van der Waals surface area contributed by atoms with Crippen molar-refractivity contribution >= 4 is 12.1 Å². The van der Waals surface area contributed by atoms with Crippen molar-refractivity contribution in [1.82, 2.24) is 5.01 Å². The highest BCUT2D eigenvalue weighted by Gasteiger charge is 2.27. The molecule has 1 amide bonds. The van der Waals surface area contributed by atoms with Crippen molar-refractivity contribution in [2.45, 2.75) is 53.5 Å². The van der Waals surface area contributed by atoms with Gasteiger partial charge < -0.3 is 0 Å². The second kappa shape index (κ2) is 7.64. The lowest BCUT2D eigenvalue weighted by Crippen LogP contribution is -2.42. The van der Waals surface area contributed by atoms with Gasteiger partial charge in [-0.3, -0.25) is 4.79 Å². The third-order valence-electron chi connectivity index (χ3n) is 4.01. The summed E-state index contributed by atoms with van der Waals surface area (Å²) in [6, 6.07) is 14.1. The molecule has 0 aromatic heterocycles. The van der Waals surface area contributed by atoms with Crippen LogP contribution < -0.4 is 0 Å². The fraction of sp³-hybridized carbons (Fsp3) is 0.364. The monoisotopic (exact) mass is 336 g/mol. The van der Waals surface area contributed by atoms with Crippen LogP contribution in [0.3, 0.4) is 0 Å². The summed E-state index contributed by atoms with van der Waals surface area (Å²) in [6.07, 6.45) is 2.77. The zero-order valence-electron chi connectivity index (χ0n) is 16.1. The molecule has 0 heterocycles. The van der Waals surface area contributed by atoms with E-state index in [0.717, 1.165) is 23.1 Å². The van der Waals surface area contributed by atoms with Crippen LogP contribution in [0.1, 0.15) is 60.3 Å². The summed E-state index contributed by atoms with van der Waals surface area (Å²) >= 11 is 0. The second-order valence-corrected chi connectivity index (χ2v) is 7.50. The highest BCUT2D eigenvalue weighted by Crippen LogP contribution is 2.20. The van der Waals surface area contributed by atoms with E-state index >= 15 is 0 Å². The molecule has 0 aliphatic rings. The van der Waals surface area contributed by atoms with Crippen molar-refractivity contribution in [1.29, 1.82) is 0 Å². The van der Waals surface area contributed by atoms with Crippen LogP contribution in [0, 0.1) is 13.8 Å². The normalized spacial score (nSPS) is 11.8. The van der Waals surface area contributed by atoms with E-state index in [0.29, 0.717) is 5.56 Å². The number of aryl methyl sites for hydroxylation is 3. The average Bonchev–Trinajstić information content (AvgIpc) is 2.53. The first-order valence-corrected chi connectivity index (χ1v) is 8.76. The summed E-state index contributed by atoms with van der Waals surface area (Å²) < 4.78 is 0. The molecule has 0 saturated heterocycles. The van der Waals surface area contributed by atoms with Crippen LogP contribution in [0.2, 0.25) is 0 Å². The number of hydrogen-bond acceptors (Lipinski definition) is 2. The largest absolute Gasteiger partial charge is 0.274 e. The molecule has 0 bridgehead atoms. The molecule has 3 heteroatoms. The van der Waals surface area contributed by atoms with Gasteiger partial charge in [0.05, 0.1) is 11.8 Å². The van der Waals surface area contributed by atoms with Gasteiger partial charge in [0.2, 0.25) is 0 Å². The minimum absolute atomic E-state index is 0.0827. The maximum Gasteiger partial charge on any atom is 0.274 e. The van der Waals surface area contributed by atoms with E-state index < -0.39 is 5.54 Å². The fourth-order valence-corrected chi connectivity index (χ4v) is 2.71. The smallest absolute Gasteiger partial charge is 0.267 e. The Morgan fingerprint density at radius 2 is 1.60 bits per heavy atom. The summed E-state index contributed by atoms with van der Waals surface area (Å²) in [4.78, 5) is 13.0. The molecule has 2 rings (SSSR count). The molecule has 2 aromatic rings. The van der Waals surface area contributed by atoms with E-state index in [-0.39, 0.29) is 5.91 Å². The van der Waals surface area contributed by atoms with Crippen molar-refractivity contribution < 1.29 is 4.79 Å². The number of hydrazone groups is 1. The molecular weight excluding hydrogens is 308 g/mol. The maximum atomic E-state index is 13.0. The predicted molar refractivity (Wildman–Crippen MR) is 105 cm³/mol. The molecule has 0 aliphatic carbocycles. The highest BCUT2D eigenvalue weighted by molar-refractivity contribution is 5.95. The topological polar surface area (TPSA) is 32.7 Å². The second-order valence-electron chi connectivity index (χ2n) is 7.50. The molecule has 0 radical (unpaired) electrons. The lowest BCUT2D eigenvalue weighted by Gasteiger charge is -2.31. The van der Waals surface area contributed by atoms with E-state index in [1.807, 2.05) is 58.9 Å². The van der Waals surface area contributed by atoms with Crippen LogP contribution in [0.15, 0.2) is 47.6 Å². The van der Waals surface area contributed by atoms with Gasteiger partial charge in [0.1, 0.15) is 0 Å². The van der Waals surface area contributed by atoms with Gasteiger partial charge in [-0.05, 0) is 64.3 Å². The molecule has 0 saturated carbocycles. The number of hydrogen-bond donors (Lipinski definition) is 0. The molecule has 0 unspecified atom stereocenters. The Morgan fingerprint density at radius 3 is 2.08 bits per heavy atom. The Hall–Kier alpha value is -2.42. The van der Waals surface area contributed by atoms with Gasteiger partial charge in [0.25, 0.3) is 5.91 Å². The minimum atomic E-state index is -0.408. The number of amides is 1. The quantitative estimate of drug-likeness (QED) is 0.562. The van der Waals surface area contributed by atoms with Gasteiger partial charge in [-0.25, -0.2) is 5.01 Å². The van der Waals surface area contributed by atoms with Crippen LogP contribution in [0.4, 0.5) is 0 Å². The Bertz CT molecular complexity index is 747. The predicted octanol–water partition coefficient (Wildman–Crippen LogP) is 5.14. The summed E-state index contributed by atoms with van der Waals surface area (Å²) in [5, 5.41) is 6.08. The standard InChI is InChI=1S/C22H28N2O/c1-7-18-8-10-19(11-9-18)15-23-24(22(4,5)6)21(25)20-13-16(2)12-17(3)14-20/h8-15H,7H2,1-6H3/b23-15+. The van der Waals surface area contributed by atoms with Gasteiger partial charge in [0.15, 0.2) is 0 Å². The van der Waals surface area contributed by atoms with E-state index in [2.05, 4.69) is 30.2 Å². The molecule has 0 aliphatic heterocycles. The number of nitrogens with zero attached hydrogens (tertiary/aromatic N) is 2. The van der Waals surface area contributed by atoms with Crippen LogP contribution >= 0.6 is 0 Å². The summed E-state index contributed by atoms with van der Waals surface area (Å²) in [6.45, 7) is 12.1. The molecule has 2 aromatic carbocycles. The molecule has 0 fully saturated rings. The van der Waals surface area contributed by atoms with Crippen molar-refractivity contribution in [2.24, 2.45) is 5.10 Å². The SMILES string of the molecule is CCc1ccc(/C=N/N(C(=O)c2cc(C)cc(C)c2)C(C)(C)C)cc1. The Balaban J connectivity index is 2.32. The highest BCUT2D eigenvalue weighted by atomic mass is 16.2. The lowest BCUT2D eigenvalue weighted by atomic mass is 10.0. The number of carbonyl (C=O) groups excluding carboxylic acids is 1. The van der Waals surface area contributed by atoms with Crippen molar-refractivity contribution in [3.05, 3.63) is 70.3 Å². The zero-order valence-corrected chi connectivity index (χ0v) is 16.1. The molecule has 0 atom stereocenters. The molecule has 132 valence electrons. The lowest BCUT2D eigenvalue weighted by molar-refractivity contribution is 0.0593. The Morgan fingerprint density at radius 1 is 1.04 bits per heavy atom. The summed E-state index contributed by atoms with van der Waals surface area (Å²) in [5.41, 5.74) is 4.70. The maximum absolute atomic E-state index is 13.0. The number of benzene rings is 2. The van der Waals surface area contributed by atoms with Crippen LogP contribution in [0.25, 0.3) is 0 Å². The summed E-state index contributed by atoms with van der Waals surface area (Å²) in [7, 11) is 0. The van der Waals surface area contributed by atoms with Crippen molar-refractivity contribution in [2.75, 3.05) is 0 Å². The van der Waals surface area contributed by atoms with Crippen molar-refractivity contribution in [3.63, 3.8) is 0 Å². The van der Waals surface area contributed by atoms with Gasteiger partial charge in [-0.15, -0.1) is 0 Å². The van der Waals surface area contributed by atoms with Gasteiger partial charge in [0, 0.05) is 5.56 Å². The Labute approximate surface area is 151 Å². The van der Waals surface area contributed by atoms with E-state index in [4.69, 9.17) is 0 Å².